The van der Waals surface area contributed by atoms with Crippen LogP contribution in [-0.4, -0.2) is 37.2 Å². The molecule has 1 aromatic rings. The Morgan fingerprint density at radius 1 is 1.59 bits per heavy atom. The van der Waals surface area contributed by atoms with Gasteiger partial charge in [0.1, 0.15) is 11.9 Å². The van der Waals surface area contributed by atoms with Gasteiger partial charge < -0.3 is 21.1 Å². The molecular formula is C11H18N4O2. The van der Waals surface area contributed by atoms with Crippen molar-refractivity contribution in [3.05, 3.63) is 18.3 Å². The minimum atomic E-state index is -0.358. The van der Waals surface area contributed by atoms with Crippen LogP contribution >= 0.6 is 0 Å². The summed E-state index contributed by atoms with van der Waals surface area (Å²) in [7, 11) is 1.59. The lowest BCUT2D eigenvalue weighted by Gasteiger charge is -2.14. The zero-order valence-corrected chi connectivity index (χ0v) is 10.1. The van der Waals surface area contributed by atoms with E-state index in [1.165, 1.54) is 6.20 Å². The van der Waals surface area contributed by atoms with Crippen LogP contribution in [0.5, 0.6) is 0 Å². The molecule has 0 bridgehead atoms. The number of nitrogen functional groups attached to an aromatic ring is 1. The summed E-state index contributed by atoms with van der Waals surface area (Å²) in [5.41, 5.74) is 6.11. The molecule has 0 aromatic carbocycles. The minimum Gasteiger partial charge on any atom is -0.397 e. The van der Waals surface area contributed by atoms with Gasteiger partial charge in [0, 0.05) is 13.7 Å². The van der Waals surface area contributed by atoms with E-state index in [0.717, 1.165) is 0 Å². The molecule has 94 valence electrons. The van der Waals surface area contributed by atoms with Crippen LogP contribution in [-0.2, 0) is 9.53 Å². The molecule has 0 spiro atoms. The van der Waals surface area contributed by atoms with Crippen LogP contribution in [0, 0.1) is 0 Å². The van der Waals surface area contributed by atoms with E-state index in [9.17, 15) is 4.79 Å². The van der Waals surface area contributed by atoms with Crippen LogP contribution < -0.4 is 16.4 Å². The Morgan fingerprint density at radius 2 is 2.35 bits per heavy atom. The van der Waals surface area contributed by atoms with Crippen molar-refractivity contribution in [1.82, 2.24) is 10.3 Å². The van der Waals surface area contributed by atoms with Crippen LogP contribution in [0.2, 0.25) is 0 Å². The average molecular weight is 238 g/mol. The molecule has 0 aliphatic heterocycles. The summed E-state index contributed by atoms with van der Waals surface area (Å²) in [6, 6.07) is 3.10. The Labute approximate surface area is 101 Å². The number of aromatic nitrogens is 1. The molecule has 0 radical (unpaired) electrons. The summed E-state index contributed by atoms with van der Waals surface area (Å²) in [4.78, 5) is 15.7. The van der Waals surface area contributed by atoms with Gasteiger partial charge in [-0.2, -0.15) is 0 Å². The lowest BCUT2D eigenvalue weighted by Crippen LogP contribution is -2.39. The number of amides is 1. The van der Waals surface area contributed by atoms with Crippen molar-refractivity contribution in [1.29, 1.82) is 0 Å². The highest BCUT2D eigenvalue weighted by Gasteiger charge is 2.11. The lowest BCUT2D eigenvalue weighted by atomic mass is 10.3. The lowest BCUT2D eigenvalue weighted by molar-refractivity contribution is -0.121. The van der Waals surface area contributed by atoms with Gasteiger partial charge in [-0.15, -0.1) is 0 Å². The van der Waals surface area contributed by atoms with Crippen molar-refractivity contribution >= 4 is 17.4 Å². The molecule has 1 amide bonds. The first-order valence-corrected chi connectivity index (χ1v) is 5.38. The molecule has 0 saturated carbocycles. The number of carbonyl (C=O) groups excluding carboxylic acids is 1. The Hall–Kier alpha value is -1.82. The molecule has 1 atom stereocenters. The van der Waals surface area contributed by atoms with Crippen molar-refractivity contribution in [3.8, 4) is 0 Å². The van der Waals surface area contributed by atoms with Gasteiger partial charge in [0.05, 0.1) is 18.5 Å². The fourth-order valence-electron chi connectivity index (χ4n) is 1.21. The highest BCUT2D eigenvalue weighted by Crippen LogP contribution is 2.07. The van der Waals surface area contributed by atoms with Crippen LogP contribution in [0.1, 0.15) is 6.92 Å². The second-order valence-electron chi connectivity index (χ2n) is 3.63. The van der Waals surface area contributed by atoms with Crippen LogP contribution in [0.25, 0.3) is 0 Å². The zero-order chi connectivity index (χ0) is 12.7. The minimum absolute atomic E-state index is 0.0966. The van der Waals surface area contributed by atoms with Crippen molar-refractivity contribution in [3.63, 3.8) is 0 Å². The van der Waals surface area contributed by atoms with Gasteiger partial charge in [-0.1, -0.05) is 0 Å². The van der Waals surface area contributed by atoms with E-state index in [2.05, 4.69) is 15.6 Å². The van der Waals surface area contributed by atoms with Crippen LogP contribution in [0.4, 0.5) is 11.5 Å². The summed E-state index contributed by atoms with van der Waals surface area (Å²) in [5.74, 6) is 0.522. The number of hydrogen-bond acceptors (Lipinski definition) is 5. The number of rotatable bonds is 6. The molecule has 4 N–H and O–H groups in total. The number of hydrogen-bond donors (Lipinski definition) is 3. The second kappa shape index (κ2) is 6.70. The average Bonchev–Trinajstić information content (AvgIpc) is 2.32. The summed E-state index contributed by atoms with van der Waals surface area (Å²) in [6.45, 7) is 2.76. The number of nitrogens with two attached hydrogens (primary N) is 1. The molecule has 6 heteroatoms. The first kappa shape index (κ1) is 13.2. The standard InChI is InChI=1S/C11H18N4O2/c1-8(11(16)13-5-6-17-2)15-10-4-3-9(12)7-14-10/h3-4,7-8H,5-6,12H2,1-2H3,(H,13,16)(H,14,15). The number of pyridine rings is 1. The third kappa shape index (κ3) is 4.69. The Morgan fingerprint density at radius 3 is 2.94 bits per heavy atom. The van der Waals surface area contributed by atoms with E-state index < -0.39 is 0 Å². The van der Waals surface area contributed by atoms with Gasteiger partial charge in [-0.25, -0.2) is 4.98 Å². The second-order valence-corrected chi connectivity index (χ2v) is 3.63. The largest absolute Gasteiger partial charge is 0.397 e. The van der Waals surface area contributed by atoms with Gasteiger partial charge in [0.2, 0.25) is 5.91 Å². The molecule has 0 saturated heterocycles. The molecule has 1 heterocycles. The summed E-state index contributed by atoms with van der Waals surface area (Å²) in [5, 5.41) is 5.71. The Balaban J connectivity index is 2.40. The van der Waals surface area contributed by atoms with E-state index in [1.807, 2.05) is 0 Å². The topological polar surface area (TPSA) is 89.3 Å². The number of ether oxygens (including phenoxy) is 1. The third-order valence-electron chi connectivity index (χ3n) is 2.15. The highest BCUT2D eigenvalue weighted by atomic mass is 16.5. The van der Waals surface area contributed by atoms with Crippen molar-refractivity contribution in [2.75, 3.05) is 31.3 Å². The SMILES string of the molecule is COCCNC(=O)C(C)Nc1ccc(N)cn1. The van der Waals surface area contributed by atoms with E-state index in [-0.39, 0.29) is 11.9 Å². The fourth-order valence-corrected chi connectivity index (χ4v) is 1.21. The van der Waals surface area contributed by atoms with Gasteiger partial charge >= 0.3 is 0 Å². The number of nitrogens with zero attached hydrogens (tertiary/aromatic N) is 1. The molecule has 17 heavy (non-hydrogen) atoms. The summed E-state index contributed by atoms with van der Waals surface area (Å²) >= 11 is 0. The normalized spacial score (nSPS) is 11.9. The molecular weight excluding hydrogens is 220 g/mol. The molecule has 0 fully saturated rings. The predicted molar refractivity (Wildman–Crippen MR) is 66.6 cm³/mol. The molecule has 1 rings (SSSR count). The van der Waals surface area contributed by atoms with Crippen molar-refractivity contribution in [2.45, 2.75) is 13.0 Å². The highest BCUT2D eigenvalue weighted by molar-refractivity contribution is 5.83. The van der Waals surface area contributed by atoms with E-state index in [4.69, 9.17) is 10.5 Å². The number of methoxy groups -OCH3 is 1. The van der Waals surface area contributed by atoms with Crippen molar-refractivity contribution < 1.29 is 9.53 Å². The van der Waals surface area contributed by atoms with E-state index in [1.54, 1.807) is 26.2 Å². The zero-order valence-electron chi connectivity index (χ0n) is 10.1. The number of anilines is 2. The predicted octanol–water partition coefficient (Wildman–Crippen LogP) is 0.227. The van der Waals surface area contributed by atoms with Gasteiger partial charge in [0.15, 0.2) is 0 Å². The Kier molecular flexibility index (Phi) is 5.22. The monoisotopic (exact) mass is 238 g/mol. The summed E-state index contributed by atoms with van der Waals surface area (Å²) in [6.07, 6.45) is 1.54. The quantitative estimate of drug-likeness (QED) is 0.617. The third-order valence-corrected chi connectivity index (χ3v) is 2.15. The molecule has 1 unspecified atom stereocenters. The summed E-state index contributed by atoms with van der Waals surface area (Å²) < 4.78 is 4.84. The molecule has 0 aliphatic rings. The molecule has 6 nitrogen and oxygen atoms in total. The number of nitrogens with one attached hydrogen (secondary N) is 2. The van der Waals surface area contributed by atoms with E-state index >= 15 is 0 Å². The first-order chi connectivity index (χ1) is 8.13. The maximum atomic E-state index is 11.6. The van der Waals surface area contributed by atoms with E-state index in [0.29, 0.717) is 24.7 Å². The smallest absolute Gasteiger partial charge is 0.242 e. The maximum Gasteiger partial charge on any atom is 0.242 e. The number of carbonyl (C=O) groups is 1. The molecule has 1 aromatic heterocycles. The van der Waals surface area contributed by atoms with Gasteiger partial charge in [0.25, 0.3) is 0 Å². The Bertz CT molecular complexity index is 353. The first-order valence-electron chi connectivity index (χ1n) is 5.38. The fraction of sp³-hybridized carbons (Fsp3) is 0.455. The van der Waals surface area contributed by atoms with Gasteiger partial charge in [-0.3, -0.25) is 4.79 Å². The van der Waals surface area contributed by atoms with Crippen molar-refractivity contribution in [2.24, 2.45) is 0 Å². The molecule has 0 aliphatic carbocycles. The van der Waals surface area contributed by atoms with Crippen LogP contribution in [0.15, 0.2) is 18.3 Å². The maximum absolute atomic E-state index is 11.6. The van der Waals surface area contributed by atoms with Crippen LogP contribution in [0.3, 0.4) is 0 Å². The van der Waals surface area contributed by atoms with Gasteiger partial charge in [-0.05, 0) is 19.1 Å².